The average molecular weight is 379 g/mol. The van der Waals surface area contributed by atoms with Gasteiger partial charge in [0.15, 0.2) is 0 Å². The molecule has 0 N–H and O–H groups in total. The van der Waals surface area contributed by atoms with Crippen molar-refractivity contribution in [1.29, 1.82) is 0 Å². The topological polar surface area (TPSA) is 0 Å². The van der Waals surface area contributed by atoms with Crippen LogP contribution in [0.1, 0.15) is 65.3 Å². The second kappa shape index (κ2) is 6.52. The van der Waals surface area contributed by atoms with Crippen LogP contribution in [0.3, 0.4) is 0 Å². The van der Waals surface area contributed by atoms with E-state index in [4.69, 9.17) is 0 Å². The van der Waals surface area contributed by atoms with Crippen LogP contribution in [-0.4, -0.2) is 0 Å². The van der Waals surface area contributed by atoms with Crippen molar-refractivity contribution in [2.75, 3.05) is 0 Å². The van der Waals surface area contributed by atoms with Gasteiger partial charge >= 0.3 is 155 Å². The molecule has 0 radical (unpaired) electrons. The third-order valence-electron chi connectivity index (χ3n) is 5.58. The Morgan fingerprint density at radius 2 is 1.65 bits per heavy atom. The van der Waals surface area contributed by atoms with E-state index in [0.717, 1.165) is 5.92 Å². The summed E-state index contributed by atoms with van der Waals surface area (Å²) >= 11 is 1.60. The van der Waals surface area contributed by atoms with Crippen molar-refractivity contribution in [3.8, 4) is 11.1 Å². The van der Waals surface area contributed by atoms with Gasteiger partial charge < -0.3 is 0 Å². The summed E-state index contributed by atoms with van der Waals surface area (Å²) in [7, 11) is 0. The van der Waals surface area contributed by atoms with E-state index in [2.05, 4.69) is 55.5 Å². The first-order chi connectivity index (χ1) is 11.2. The summed E-state index contributed by atoms with van der Waals surface area (Å²) in [6.45, 7) is 2.27. The zero-order chi connectivity index (χ0) is 15.8. The molecule has 2 aliphatic rings. The Morgan fingerprint density at radius 1 is 0.913 bits per heavy atom. The third kappa shape index (κ3) is 2.94. The fourth-order valence-corrected chi connectivity index (χ4v) is 5.00. The number of hydrogen-bond acceptors (Lipinski definition) is 0. The van der Waals surface area contributed by atoms with Gasteiger partial charge in [-0.3, -0.25) is 0 Å². The van der Waals surface area contributed by atoms with E-state index in [1.54, 1.807) is 30.3 Å². The first kappa shape index (κ1) is 15.6. The molecule has 115 valence electrons. The normalized spacial score (nSPS) is 21.0. The molecule has 0 saturated heterocycles. The summed E-state index contributed by atoms with van der Waals surface area (Å²) in [4.78, 5) is 0. The molecule has 0 aromatic heterocycles. The molecule has 0 nitrogen and oxygen atoms in total. The third-order valence-corrected chi connectivity index (χ3v) is 7.46. The molecule has 0 bridgehead atoms. The molecule has 0 aliphatic heterocycles. The van der Waals surface area contributed by atoms with Crippen LogP contribution < -0.4 is 0 Å². The zero-order valence-corrected chi connectivity index (χ0v) is 16.3. The van der Waals surface area contributed by atoms with Crippen molar-refractivity contribution < 1.29 is 24.7 Å². The Labute approximate surface area is 154 Å². The number of rotatable bonds is 2. The maximum absolute atomic E-state index is 2.40. The van der Waals surface area contributed by atoms with Gasteiger partial charge in [0.05, 0.1) is 0 Å². The molecular formula is C22H23Zr. The van der Waals surface area contributed by atoms with Gasteiger partial charge in [0.2, 0.25) is 0 Å². The molecule has 0 heterocycles. The molecule has 1 unspecified atom stereocenters. The van der Waals surface area contributed by atoms with Crippen LogP contribution in [-0.2, 0) is 24.7 Å². The number of fused-ring (bicyclic) bond motifs is 1. The standard InChI is InChI=1S/C22H23.Zr/c1-16-14-20-8-5-9-21(22(20)15-16)19-12-10-18(11-13-19)17-6-3-2-4-7-17;/h5,8-15,17H,2-4,6-7H2,1H3;. The molecule has 4 rings (SSSR count). The van der Waals surface area contributed by atoms with Gasteiger partial charge in [0.1, 0.15) is 0 Å². The number of benzene rings is 2. The van der Waals surface area contributed by atoms with Crippen LogP contribution in [0, 0.1) is 0 Å². The van der Waals surface area contributed by atoms with Gasteiger partial charge in [-0.05, 0) is 0 Å². The Morgan fingerprint density at radius 3 is 2.39 bits per heavy atom. The van der Waals surface area contributed by atoms with Gasteiger partial charge in [-0.15, -0.1) is 0 Å². The van der Waals surface area contributed by atoms with Crippen molar-refractivity contribution in [1.82, 2.24) is 0 Å². The molecule has 0 amide bonds. The fourth-order valence-electron chi connectivity index (χ4n) is 4.17. The Balaban J connectivity index is 1.67. The summed E-state index contributed by atoms with van der Waals surface area (Å²) in [5, 5.41) is 0. The van der Waals surface area contributed by atoms with Crippen molar-refractivity contribution >= 4 is 6.08 Å². The van der Waals surface area contributed by atoms with Crippen LogP contribution in [0.15, 0.2) is 48.0 Å². The molecule has 2 aliphatic carbocycles. The predicted molar refractivity (Wildman–Crippen MR) is 94.1 cm³/mol. The van der Waals surface area contributed by atoms with Crippen molar-refractivity contribution in [2.24, 2.45) is 0 Å². The van der Waals surface area contributed by atoms with Crippen molar-refractivity contribution in [2.45, 2.75) is 48.6 Å². The number of hydrogen-bond donors (Lipinski definition) is 0. The summed E-state index contributed by atoms with van der Waals surface area (Å²) < 4.78 is 0.652. The van der Waals surface area contributed by atoms with Crippen LogP contribution in [0.25, 0.3) is 17.2 Å². The molecule has 1 fully saturated rings. The predicted octanol–water partition coefficient (Wildman–Crippen LogP) is 6.41. The molecule has 1 heteroatoms. The molecular weight excluding hydrogens is 355 g/mol. The molecule has 0 spiro atoms. The van der Waals surface area contributed by atoms with Crippen LogP contribution in [0.5, 0.6) is 0 Å². The molecule has 1 saturated carbocycles. The Hall–Kier alpha value is -0.937. The quantitative estimate of drug-likeness (QED) is 0.566. The molecule has 23 heavy (non-hydrogen) atoms. The van der Waals surface area contributed by atoms with Crippen molar-refractivity contribution in [3.63, 3.8) is 0 Å². The van der Waals surface area contributed by atoms with E-state index >= 15 is 0 Å². The van der Waals surface area contributed by atoms with Crippen LogP contribution >= 0.6 is 0 Å². The van der Waals surface area contributed by atoms with Gasteiger partial charge in [0, 0.05) is 0 Å². The van der Waals surface area contributed by atoms with Crippen LogP contribution in [0.2, 0.25) is 0 Å². The molecule has 2 aromatic rings. The fraction of sp³-hybridized carbons (Fsp3) is 0.364. The van der Waals surface area contributed by atoms with Gasteiger partial charge in [-0.1, -0.05) is 0 Å². The summed E-state index contributed by atoms with van der Waals surface area (Å²) in [6, 6.07) is 16.3. The van der Waals surface area contributed by atoms with Crippen molar-refractivity contribution in [3.05, 3.63) is 64.7 Å². The SMILES string of the molecule is CC1=Cc2c(-c3ccc(C4CCCCC4)cc3)cccc2[CH]1[Zr]. The Bertz CT molecular complexity index is 733. The summed E-state index contributed by atoms with van der Waals surface area (Å²) in [5.74, 6) is 0.797. The van der Waals surface area contributed by atoms with E-state index in [0.29, 0.717) is 3.63 Å². The first-order valence-electron chi connectivity index (χ1n) is 8.86. The van der Waals surface area contributed by atoms with E-state index in [-0.39, 0.29) is 0 Å². The van der Waals surface area contributed by atoms with E-state index in [9.17, 15) is 0 Å². The summed E-state index contributed by atoms with van der Waals surface area (Å²) in [5.41, 5.74) is 8.82. The average Bonchev–Trinajstić information content (AvgIpc) is 2.91. The maximum atomic E-state index is 2.40. The van der Waals surface area contributed by atoms with E-state index < -0.39 is 0 Å². The zero-order valence-electron chi connectivity index (χ0n) is 13.8. The molecule has 1 atom stereocenters. The second-order valence-corrected chi connectivity index (χ2v) is 8.51. The van der Waals surface area contributed by atoms with E-state index in [1.165, 1.54) is 59.9 Å². The van der Waals surface area contributed by atoms with Crippen LogP contribution in [0.4, 0.5) is 0 Å². The minimum absolute atomic E-state index is 0.652. The minimum atomic E-state index is 0.652. The number of allylic oxidation sites excluding steroid dienone is 1. The van der Waals surface area contributed by atoms with Gasteiger partial charge in [-0.2, -0.15) is 0 Å². The van der Waals surface area contributed by atoms with E-state index in [1.807, 2.05) is 0 Å². The molecule has 2 aromatic carbocycles. The first-order valence-corrected chi connectivity index (χ1v) is 10.3. The second-order valence-electron chi connectivity index (χ2n) is 7.09. The van der Waals surface area contributed by atoms with Gasteiger partial charge in [0.25, 0.3) is 0 Å². The monoisotopic (exact) mass is 377 g/mol. The Kier molecular flexibility index (Phi) is 4.42. The van der Waals surface area contributed by atoms with Gasteiger partial charge in [-0.25, -0.2) is 0 Å². The summed E-state index contributed by atoms with van der Waals surface area (Å²) in [6.07, 6.45) is 9.40.